The molecule has 8 heteroatoms. The van der Waals surface area contributed by atoms with Crippen molar-refractivity contribution in [3.63, 3.8) is 0 Å². The fourth-order valence-corrected chi connectivity index (χ4v) is 2.75. The number of amides is 1. The molecule has 0 unspecified atom stereocenters. The van der Waals surface area contributed by atoms with Crippen molar-refractivity contribution in [2.45, 2.75) is 13.5 Å². The van der Waals surface area contributed by atoms with Crippen LogP contribution < -0.4 is 19.6 Å². The van der Waals surface area contributed by atoms with Gasteiger partial charge in [-0.2, -0.15) is 5.10 Å². The molecule has 3 rings (SSSR count). The molecular weight excluding hydrogens is 435 g/mol. The van der Waals surface area contributed by atoms with Crippen LogP contribution in [0.5, 0.6) is 17.2 Å². The number of rotatable bonds is 10. The normalized spacial score (nSPS) is 10.7. The number of hydrazone groups is 1. The maximum atomic E-state index is 13.0. The van der Waals surface area contributed by atoms with E-state index >= 15 is 0 Å². The fourth-order valence-electron chi connectivity index (χ4n) is 2.63. The van der Waals surface area contributed by atoms with E-state index in [-0.39, 0.29) is 19.0 Å². The summed E-state index contributed by atoms with van der Waals surface area (Å²) in [6.07, 6.45) is 1.49. The van der Waals surface area contributed by atoms with Crippen molar-refractivity contribution in [1.29, 1.82) is 0 Å². The predicted molar refractivity (Wildman–Crippen MR) is 121 cm³/mol. The molecule has 0 fully saturated rings. The summed E-state index contributed by atoms with van der Waals surface area (Å²) in [5.74, 6) is 0.923. The lowest BCUT2D eigenvalue weighted by atomic mass is 10.2. The molecule has 6 nitrogen and oxygen atoms in total. The van der Waals surface area contributed by atoms with Gasteiger partial charge in [-0.1, -0.05) is 23.7 Å². The number of benzene rings is 3. The standard InChI is InChI=1S/C24H22ClFN2O4/c1-2-30-23-13-18(5-12-22(23)32-15-17-3-8-20(26)9-4-17)14-27-28-24(29)16-31-21-10-6-19(25)7-11-21/h3-14H,2,15-16H2,1H3,(H,28,29)/b27-14+. The predicted octanol–water partition coefficient (Wildman–Crippen LogP) is 4.99. The van der Waals surface area contributed by atoms with E-state index < -0.39 is 5.91 Å². The van der Waals surface area contributed by atoms with Gasteiger partial charge in [0.05, 0.1) is 12.8 Å². The molecule has 0 aromatic heterocycles. The second kappa shape index (κ2) is 11.7. The van der Waals surface area contributed by atoms with Crippen molar-refractivity contribution in [2.75, 3.05) is 13.2 Å². The Kier molecular flexibility index (Phi) is 8.45. The maximum Gasteiger partial charge on any atom is 0.277 e. The summed E-state index contributed by atoms with van der Waals surface area (Å²) >= 11 is 5.81. The van der Waals surface area contributed by atoms with Crippen molar-refractivity contribution in [1.82, 2.24) is 5.43 Å². The van der Waals surface area contributed by atoms with E-state index in [1.54, 1.807) is 54.6 Å². The van der Waals surface area contributed by atoms with Gasteiger partial charge in [0, 0.05) is 5.02 Å². The lowest BCUT2D eigenvalue weighted by Crippen LogP contribution is -2.24. The van der Waals surface area contributed by atoms with Gasteiger partial charge in [-0.05, 0) is 72.6 Å². The van der Waals surface area contributed by atoms with Crippen LogP contribution in [0.1, 0.15) is 18.1 Å². The molecule has 3 aromatic rings. The van der Waals surface area contributed by atoms with Crippen LogP contribution in [0, 0.1) is 5.82 Å². The first-order valence-electron chi connectivity index (χ1n) is 9.88. The minimum atomic E-state index is -0.402. The summed E-state index contributed by atoms with van der Waals surface area (Å²) in [7, 11) is 0. The van der Waals surface area contributed by atoms with Gasteiger partial charge in [0.1, 0.15) is 18.2 Å². The van der Waals surface area contributed by atoms with Crippen molar-refractivity contribution in [3.8, 4) is 17.2 Å². The topological polar surface area (TPSA) is 69.2 Å². The molecule has 0 aliphatic heterocycles. The SMILES string of the molecule is CCOc1cc(/C=N/NC(=O)COc2ccc(Cl)cc2)ccc1OCc1ccc(F)cc1. The molecule has 1 amide bonds. The van der Waals surface area contributed by atoms with Crippen molar-refractivity contribution >= 4 is 23.7 Å². The quantitative estimate of drug-likeness (QED) is 0.345. The highest BCUT2D eigenvalue weighted by Crippen LogP contribution is 2.29. The van der Waals surface area contributed by atoms with E-state index in [1.165, 1.54) is 18.3 Å². The van der Waals surface area contributed by atoms with Crippen LogP contribution in [0.4, 0.5) is 4.39 Å². The zero-order valence-corrected chi connectivity index (χ0v) is 18.1. The van der Waals surface area contributed by atoms with E-state index in [1.807, 2.05) is 6.92 Å². The Balaban J connectivity index is 1.54. The smallest absolute Gasteiger partial charge is 0.277 e. The van der Waals surface area contributed by atoms with E-state index in [2.05, 4.69) is 10.5 Å². The summed E-state index contributed by atoms with van der Waals surface area (Å²) in [4.78, 5) is 11.9. The van der Waals surface area contributed by atoms with Gasteiger partial charge < -0.3 is 14.2 Å². The Labute approximate surface area is 190 Å². The van der Waals surface area contributed by atoms with Crippen LogP contribution >= 0.6 is 11.6 Å². The second-order valence-corrected chi connectivity index (χ2v) is 7.03. The molecule has 0 saturated carbocycles. The van der Waals surface area contributed by atoms with Crippen molar-refractivity contribution in [3.05, 3.63) is 88.7 Å². The van der Waals surface area contributed by atoms with Gasteiger partial charge in [0.15, 0.2) is 18.1 Å². The Morgan fingerprint density at radius 3 is 2.47 bits per heavy atom. The van der Waals surface area contributed by atoms with E-state index in [0.29, 0.717) is 34.4 Å². The maximum absolute atomic E-state index is 13.0. The first-order chi connectivity index (χ1) is 15.5. The zero-order valence-electron chi connectivity index (χ0n) is 17.4. The number of nitrogens with one attached hydrogen (secondary N) is 1. The lowest BCUT2D eigenvalue weighted by Gasteiger charge is -2.12. The molecule has 3 aromatic carbocycles. The molecule has 0 atom stereocenters. The summed E-state index contributed by atoms with van der Waals surface area (Å²) in [5, 5.41) is 4.53. The summed E-state index contributed by atoms with van der Waals surface area (Å²) in [5.41, 5.74) is 3.95. The molecule has 32 heavy (non-hydrogen) atoms. The average Bonchev–Trinajstić information content (AvgIpc) is 2.79. The van der Waals surface area contributed by atoms with Crippen LogP contribution in [0.2, 0.25) is 5.02 Å². The first-order valence-corrected chi connectivity index (χ1v) is 10.3. The highest BCUT2D eigenvalue weighted by atomic mass is 35.5. The molecule has 0 spiro atoms. The first kappa shape index (κ1) is 23.1. The van der Waals surface area contributed by atoms with Crippen LogP contribution in [-0.4, -0.2) is 25.3 Å². The Morgan fingerprint density at radius 2 is 1.75 bits per heavy atom. The second-order valence-electron chi connectivity index (χ2n) is 6.59. The summed E-state index contributed by atoms with van der Waals surface area (Å²) in [6.45, 7) is 2.41. The molecular formula is C24H22ClFN2O4. The van der Waals surface area contributed by atoms with E-state index in [4.69, 9.17) is 25.8 Å². The van der Waals surface area contributed by atoms with Gasteiger partial charge in [-0.3, -0.25) is 4.79 Å². The molecule has 0 radical (unpaired) electrons. The Bertz CT molecular complexity index is 1060. The fraction of sp³-hybridized carbons (Fsp3) is 0.167. The Morgan fingerprint density at radius 1 is 1.00 bits per heavy atom. The minimum Gasteiger partial charge on any atom is -0.490 e. The monoisotopic (exact) mass is 456 g/mol. The molecule has 0 bridgehead atoms. The number of ether oxygens (including phenoxy) is 3. The molecule has 0 aliphatic carbocycles. The molecule has 1 N–H and O–H groups in total. The average molecular weight is 457 g/mol. The third-order valence-electron chi connectivity index (χ3n) is 4.16. The van der Waals surface area contributed by atoms with E-state index in [0.717, 1.165) is 5.56 Å². The number of nitrogens with zero attached hydrogens (tertiary/aromatic N) is 1. The van der Waals surface area contributed by atoms with Gasteiger partial charge in [0.25, 0.3) is 5.91 Å². The third-order valence-corrected chi connectivity index (χ3v) is 4.41. The molecule has 0 aliphatic rings. The number of carbonyl (C=O) groups is 1. The Hall–Kier alpha value is -3.58. The van der Waals surface area contributed by atoms with Crippen LogP contribution in [-0.2, 0) is 11.4 Å². The van der Waals surface area contributed by atoms with Crippen LogP contribution in [0.15, 0.2) is 71.8 Å². The molecule has 0 heterocycles. The van der Waals surface area contributed by atoms with Crippen LogP contribution in [0.25, 0.3) is 0 Å². The minimum absolute atomic E-state index is 0.181. The molecule has 0 saturated heterocycles. The van der Waals surface area contributed by atoms with Gasteiger partial charge in [-0.25, -0.2) is 9.82 Å². The largest absolute Gasteiger partial charge is 0.490 e. The van der Waals surface area contributed by atoms with Gasteiger partial charge in [-0.15, -0.1) is 0 Å². The summed E-state index contributed by atoms with van der Waals surface area (Å²) < 4.78 is 29.8. The molecule has 166 valence electrons. The van der Waals surface area contributed by atoms with Crippen molar-refractivity contribution in [2.24, 2.45) is 5.10 Å². The number of halogens is 2. The number of carbonyl (C=O) groups excluding carboxylic acids is 1. The van der Waals surface area contributed by atoms with E-state index in [9.17, 15) is 9.18 Å². The number of hydrogen-bond donors (Lipinski definition) is 1. The summed E-state index contributed by atoms with van der Waals surface area (Å²) in [6, 6.07) is 18.1. The highest BCUT2D eigenvalue weighted by Gasteiger charge is 2.07. The zero-order chi connectivity index (χ0) is 22.8. The third kappa shape index (κ3) is 7.28. The van der Waals surface area contributed by atoms with Crippen molar-refractivity contribution < 1.29 is 23.4 Å². The lowest BCUT2D eigenvalue weighted by molar-refractivity contribution is -0.123. The van der Waals surface area contributed by atoms with Gasteiger partial charge >= 0.3 is 0 Å². The van der Waals surface area contributed by atoms with Gasteiger partial charge in [0.2, 0.25) is 0 Å². The number of hydrogen-bond acceptors (Lipinski definition) is 5. The van der Waals surface area contributed by atoms with Crippen LogP contribution in [0.3, 0.4) is 0 Å². The highest BCUT2D eigenvalue weighted by molar-refractivity contribution is 6.30.